The van der Waals surface area contributed by atoms with Crippen molar-refractivity contribution in [2.75, 3.05) is 18.4 Å². The number of likely N-dealkylation sites (tertiary alicyclic amines) is 1. The average molecular weight is 603 g/mol. The van der Waals surface area contributed by atoms with Crippen molar-refractivity contribution >= 4 is 40.0 Å². The van der Waals surface area contributed by atoms with E-state index < -0.39 is 53.1 Å². The molecule has 1 aliphatic rings. The number of fused-ring (bicyclic) bond motifs is 1. The van der Waals surface area contributed by atoms with E-state index in [0.717, 1.165) is 16.9 Å². The van der Waals surface area contributed by atoms with Crippen molar-refractivity contribution in [2.45, 2.75) is 64.0 Å². The summed E-state index contributed by atoms with van der Waals surface area (Å²) in [4.78, 5) is 30.5. The number of rotatable bonds is 7. The fraction of sp³-hybridized carbons (Fsp3) is 0.462. The Bertz CT molecular complexity index is 1460. The van der Waals surface area contributed by atoms with Crippen molar-refractivity contribution in [1.82, 2.24) is 25.0 Å². The molecule has 0 aliphatic carbocycles. The van der Waals surface area contributed by atoms with Crippen LogP contribution < -0.4 is 10.6 Å². The quantitative estimate of drug-likeness (QED) is 0.340. The van der Waals surface area contributed by atoms with Gasteiger partial charge in [0.05, 0.1) is 23.2 Å². The smallest absolute Gasteiger partial charge is 0.389 e. The minimum atomic E-state index is -4.73. The van der Waals surface area contributed by atoms with Gasteiger partial charge in [-0.3, -0.25) is 14.3 Å². The number of alkyl halides is 5. The van der Waals surface area contributed by atoms with Gasteiger partial charge in [-0.15, -0.1) is 0 Å². The molecule has 15 heteroatoms. The van der Waals surface area contributed by atoms with Crippen LogP contribution in [0.3, 0.4) is 0 Å². The SMILES string of the molecule is CC(=O)N1C[C@@H](NC(=O)c2cn(CC(C)(C)O)nc2C(F)F)C[C@@H](Nc2cc(C(F)(F)F)nc3ccc(Cl)cc23)C1. The second kappa shape index (κ2) is 11.4. The molecule has 4 rings (SSSR count). The van der Waals surface area contributed by atoms with Gasteiger partial charge in [-0.25, -0.2) is 13.8 Å². The standard InChI is InChI=1S/C26H28ClF5N6O3/c1-13(39)37-9-15(33-20-8-21(26(30,31)32)35-19-5-4-14(27)6-17(19)20)7-16(10-37)34-24(40)18-11-38(12-25(2,3)41)36-22(18)23(28)29/h4-6,8,11,15-16,23,41H,7,9-10,12H2,1-3H3,(H,33,35)(H,34,40)/t15-,16+/m1/s1. The Morgan fingerprint density at radius 2 is 1.85 bits per heavy atom. The normalized spacial score (nSPS) is 18.2. The number of nitrogens with one attached hydrogen (secondary N) is 2. The zero-order valence-corrected chi connectivity index (χ0v) is 23.0. The maximum atomic E-state index is 13.7. The van der Waals surface area contributed by atoms with Crippen molar-refractivity contribution in [3.63, 3.8) is 0 Å². The summed E-state index contributed by atoms with van der Waals surface area (Å²) in [6.45, 7) is 4.24. The molecule has 9 nitrogen and oxygen atoms in total. The van der Waals surface area contributed by atoms with Crippen molar-refractivity contribution < 1.29 is 36.6 Å². The molecule has 2 amide bonds. The van der Waals surface area contributed by atoms with Crippen molar-refractivity contribution in [3.8, 4) is 0 Å². The number of nitrogens with zero attached hydrogens (tertiary/aromatic N) is 4. The average Bonchev–Trinajstić information content (AvgIpc) is 3.26. The van der Waals surface area contributed by atoms with E-state index in [9.17, 15) is 36.6 Å². The van der Waals surface area contributed by atoms with Gasteiger partial charge in [0, 0.05) is 54.4 Å². The number of aliphatic hydroxyl groups is 1. The number of halogens is 6. The second-order valence-corrected chi connectivity index (χ2v) is 11.1. The zero-order valence-electron chi connectivity index (χ0n) is 22.3. The molecule has 3 N–H and O–H groups in total. The van der Waals surface area contributed by atoms with E-state index in [2.05, 4.69) is 20.7 Å². The van der Waals surface area contributed by atoms with Crippen LogP contribution in [-0.4, -0.2) is 67.4 Å². The van der Waals surface area contributed by atoms with Crippen LogP contribution in [0.15, 0.2) is 30.5 Å². The Balaban J connectivity index is 1.61. The second-order valence-electron chi connectivity index (χ2n) is 10.6. The Labute approximate surface area is 236 Å². The first-order chi connectivity index (χ1) is 19.0. The molecule has 1 fully saturated rings. The van der Waals surface area contributed by atoms with Crippen LogP contribution in [0, 0.1) is 0 Å². The van der Waals surface area contributed by atoms with E-state index in [4.69, 9.17) is 11.6 Å². The number of carbonyl (C=O) groups is 2. The van der Waals surface area contributed by atoms with Crippen molar-refractivity contribution in [3.05, 3.63) is 52.4 Å². The lowest BCUT2D eigenvalue weighted by Crippen LogP contribution is -2.55. The number of aromatic nitrogens is 3. The molecular formula is C26H28ClF5N6O3. The highest BCUT2D eigenvalue weighted by Gasteiger charge is 2.35. The highest BCUT2D eigenvalue weighted by atomic mass is 35.5. The Morgan fingerprint density at radius 3 is 2.46 bits per heavy atom. The van der Waals surface area contributed by atoms with Gasteiger partial charge in [0.1, 0.15) is 11.4 Å². The van der Waals surface area contributed by atoms with Crippen LogP contribution >= 0.6 is 11.6 Å². The Morgan fingerprint density at radius 1 is 1.17 bits per heavy atom. The van der Waals surface area contributed by atoms with Crippen LogP contribution in [0.4, 0.5) is 27.6 Å². The molecule has 0 saturated carbocycles. The van der Waals surface area contributed by atoms with Gasteiger partial charge in [-0.2, -0.15) is 18.3 Å². The maximum absolute atomic E-state index is 13.7. The van der Waals surface area contributed by atoms with E-state index in [1.165, 1.54) is 43.9 Å². The van der Waals surface area contributed by atoms with Gasteiger partial charge >= 0.3 is 6.18 Å². The molecular weight excluding hydrogens is 575 g/mol. The number of pyridine rings is 1. The lowest BCUT2D eigenvalue weighted by atomic mass is 9.99. The summed E-state index contributed by atoms with van der Waals surface area (Å²) in [6, 6.07) is 3.74. The highest BCUT2D eigenvalue weighted by molar-refractivity contribution is 6.31. The molecule has 1 saturated heterocycles. The van der Waals surface area contributed by atoms with E-state index in [1.54, 1.807) is 0 Å². The fourth-order valence-corrected chi connectivity index (χ4v) is 4.93. The molecule has 0 unspecified atom stereocenters. The fourth-order valence-electron chi connectivity index (χ4n) is 4.76. The van der Waals surface area contributed by atoms with E-state index >= 15 is 0 Å². The Kier molecular flexibility index (Phi) is 8.46. The van der Waals surface area contributed by atoms with Crippen molar-refractivity contribution in [2.24, 2.45) is 0 Å². The third-order valence-electron chi connectivity index (χ3n) is 6.44. The highest BCUT2D eigenvalue weighted by Crippen LogP contribution is 2.35. The molecule has 222 valence electrons. The predicted octanol–water partition coefficient (Wildman–Crippen LogP) is 4.64. The summed E-state index contributed by atoms with van der Waals surface area (Å²) in [6.07, 6.45) is -6.52. The van der Waals surface area contributed by atoms with Gasteiger partial charge in [0.2, 0.25) is 5.91 Å². The number of piperidine rings is 1. The number of hydrogen-bond acceptors (Lipinski definition) is 6. The number of amides is 2. The Hall–Kier alpha value is -3.52. The molecule has 3 aromatic rings. The molecule has 2 aromatic heterocycles. The summed E-state index contributed by atoms with van der Waals surface area (Å²) in [5.74, 6) is -1.21. The number of carbonyl (C=O) groups excluding carboxylic acids is 2. The van der Waals surface area contributed by atoms with E-state index in [1.807, 2.05) is 0 Å². The van der Waals surface area contributed by atoms with Gasteiger partial charge in [0.15, 0.2) is 0 Å². The first-order valence-electron chi connectivity index (χ1n) is 12.6. The summed E-state index contributed by atoms with van der Waals surface area (Å²) in [5.41, 5.74) is -3.42. The first-order valence-corrected chi connectivity index (χ1v) is 13.0. The summed E-state index contributed by atoms with van der Waals surface area (Å²) < 4.78 is 69.2. The van der Waals surface area contributed by atoms with E-state index in [-0.39, 0.29) is 48.2 Å². The van der Waals surface area contributed by atoms with Crippen LogP contribution in [-0.2, 0) is 17.5 Å². The van der Waals surface area contributed by atoms with Gasteiger partial charge < -0.3 is 20.6 Å². The minimum Gasteiger partial charge on any atom is -0.389 e. The monoisotopic (exact) mass is 602 g/mol. The number of anilines is 1. The van der Waals surface area contributed by atoms with Crippen LogP contribution in [0.25, 0.3) is 10.9 Å². The van der Waals surface area contributed by atoms with E-state index in [0.29, 0.717) is 5.39 Å². The lowest BCUT2D eigenvalue weighted by molar-refractivity contribution is -0.140. The maximum Gasteiger partial charge on any atom is 0.433 e. The van der Waals surface area contributed by atoms with Gasteiger partial charge in [-0.1, -0.05) is 11.6 Å². The van der Waals surface area contributed by atoms with Crippen molar-refractivity contribution in [1.29, 1.82) is 0 Å². The topological polar surface area (TPSA) is 112 Å². The number of benzene rings is 1. The molecule has 0 spiro atoms. The minimum absolute atomic E-state index is 0.0534. The molecule has 0 radical (unpaired) electrons. The summed E-state index contributed by atoms with van der Waals surface area (Å²) in [5, 5.41) is 20.1. The molecule has 1 aromatic carbocycles. The number of hydrogen-bond donors (Lipinski definition) is 3. The van der Waals surface area contributed by atoms with Crippen LogP contribution in [0.2, 0.25) is 5.02 Å². The molecule has 41 heavy (non-hydrogen) atoms. The summed E-state index contributed by atoms with van der Waals surface area (Å²) >= 11 is 6.09. The van der Waals surface area contributed by atoms with Crippen LogP contribution in [0.5, 0.6) is 0 Å². The summed E-state index contributed by atoms with van der Waals surface area (Å²) in [7, 11) is 0. The largest absolute Gasteiger partial charge is 0.433 e. The molecule has 1 aliphatic heterocycles. The third kappa shape index (κ3) is 7.41. The molecule has 2 atom stereocenters. The van der Waals surface area contributed by atoms with Gasteiger partial charge in [0.25, 0.3) is 12.3 Å². The van der Waals surface area contributed by atoms with Gasteiger partial charge in [-0.05, 0) is 44.5 Å². The molecule has 0 bridgehead atoms. The first kappa shape index (κ1) is 30.4. The predicted molar refractivity (Wildman–Crippen MR) is 141 cm³/mol. The zero-order chi connectivity index (χ0) is 30.3. The molecule has 3 heterocycles. The lowest BCUT2D eigenvalue weighted by Gasteiger charge is -2.38. The third-order valence-corrected chi connectivity index (χ3v) is 6.68. The van der Waals surface area contributed by atoms with Crippen LogP contribution in [0.1, 0.15) is 55.4 Å².